The second-order valence-corrected chi connectivity index (χ2v) is 3.98. The van der Waals surface area contributed by atoms with Crippen LogP contribution in [-0.2, 0) is 19.1 Å². The lowest BCUT2D eigenvalue weighted by atomic mass is 10.0. The van der Waals surface area contributed by atoms with Crippen LogP contribution in [0.15, 0.2) is 12.2 Å². The van der Waals surface area contributed by atoms with Crippen LogP contribution in [0.5, 0.6) is 0 Å². The fraction of sp³-hybridized carbons (Fsp3) is 0.600. The summed E-state index contributed by atoms with van der Waals surface area (Å²) in [5, 5.41) is 56.0. The van der Waals surface area contributed by atoms with Gasteiger partial charge in [0.05, 0.1) is 6.61 Å². The molecule has 0 fully saturated rings. The molecule has 0 radical (unpaired) electrons. The number of esters is 2. The molecule has 1 aliphatic heterocycles. The highest BCUT2D eigenvalue weighted by molar-refractivity contribution is 5.93. The van der Waals surface area contributed by atoms with Gasteiger partial charge in [-0.2, -0.15) is 0 Å². The summed E-state index contributed by atoms with van der Waals surface area (Å²) >= 11 is 0. The predicted molar refractivity (Wildman–Crippen MR) is 57.4 cm³/mol. The molecule has 10 heteroatoms. The van der Waals surface area contributed by atoms with Crippen LogP contribution in [0.2, 0.25) is 0 Å². The van der Waals surface area contributed by atoms with Crippen molar-refractivity contribution >= 4 is 11.9 Å². The molecule has 0 aromatic carbocycles. The number of hydrogen-bond acceptors (Lipinski definition) is 10. The van der Waals surface area contributed by atoms with Gasteiger partial charge in [0.1, 0.15) is 18.3 Å². The molecule has 0 aliphatic carbocycles. The number of ether oxygens (including phenoxy) is 2. The van der Waals surface area contributed by atoms with Gasteiger partial charge in [-0.1, -0.05) is 0 Å². The summed E-state index contributed by atoms with van der Waals surface area (Å²) in [6, 6.07) is 0. The predicted octanol–water partition coefficient (Wildman–Crippen LogP) is -4.28. The Kier molecular flexibility index (Phi) is 5.16. The summed E-state index contributed by atoms with van der Waals surface area (Å²) in [6.45, 7) is -0.954. The van der Waals surface area contributed by atoms with Crippen molar-refractivity contribution in [1.29, 1.82) is 0 Å². The maximum atomic E-state index is 11.1. The Balaban J connectivity index is 2.90. The van der Waals surface area contributed by atoms with Crippen molar-refractivity contribution in [2.75, 3.05) is 6.61 Å². The van der Waals surface area contributed by atoms with Crippen molar-refractivity contribution in [3.05, 3.63) is 12.2 Å². The topological polar surface area (TPSA) is 174 Å². The molecule has 0 bridgehead atoms. The molecule has 0 spiro atoms. The van der Waals surface area contributed by atoms with Gasteiger partial charge in [-0.25, -0.2) is 9.59 Å². The smallest absolute Gasteiger partial charge is 0.394 e. The number of carbonyl (C=O) groups excluding carboxylic acids is 2. The largest absolute Gasteiger partial charge is 0.404 e. The van der Waals surface area contributed by atoms with E-state index in [-0.39, 0.29) is 0 Å². The highest BCUT2D eigenvalue weighted by Gasteiger charge is 2.51. The summed E-state index contributed by atoms with van der Waals surface area (Å²) in [5.74, 6) is -5.75. The normalized spacial score (nSPS) is 24.1. The van der Waals surface area contributed by atoms with Gasteiger partial charge in [-0.3, -0.25) is 0 Å². The van der Waals surface area contributed by atoms with Crippen molar-refractivity contribution in [1.82, 2.24) is 0 Å². The van der Waals surface area contributed by atoms with E-state index in [9.17, 15) is 30.0 Å². The Labute approximate surface area is 112 Å². The third-order valence-electron chi connectivity index (χ3n) is 2.48. The Morgan fingerprint density at radius 3 is 1.85 bits per heavy atom. The molecule has 0 aromatic heterocycles. The number of aliphatic hydroxyl groups excluding tert-OH is 5. The molecule has 0 amide bonds. The van der Waals surface area contributed by atoms with Crippen LogP contribution in [0, 0.1) is 0 Å². The number of aliphatic hydroxyl groups is 6. The lowest BCUT2D eigenvalue weighted by molar-refractivity contribution is -0.371. The molecule has 4 atom stereocenters. The molecular weight excluding hydrogens is 280 g/mol. The summed E-state index contributed by atoms with van der Waals surface area (Å²) in [4.78, 5) is 22.2. The van der Waals surface area contributed by atoms with E-state index in [0.717, 1.165) is 0 Å². The molecule has 1 rings (SSSR count). The van der Waals surface area contributed by atoms with Crippen molar-refractivity contribution in [2.24, 2.45) is 0 Å². The first kappa shape index (κ1) is 16.5. The lowest BCUT2D eigenvalue weighted by Gasteiger charge is -2.34. The highest BCUT2D eigenvalue weighted by Crippen LogP contribution is 2.23. The standard InChI is InChI=1S/C10H14O10/c11-3-4(12)7(15)8(16)9(17)10(18)19-5(13)1-2-6(14)20-10/h1-2,4,7-9,11-12,15-18H,3H2/t4-,7+,8+,9+/m0/s1. The zero-order valence-corrected chi connectivity index (χ0v) is 9.99. The third kappa shape index (κ3) is 3.50. The quantitative estimate of drug-likeness (QED) is 0.272. The fourth-order valence-corrected chi connectivity index (χ4v) is 1.37. The van der Waals surface area contributed by atoms with Gasteiger partial charge in [0.15, 0.2) is 6.10 Å². The lowest BCUT2D eigenvalue weighted by Crippen LogP contribution is -2.59. The maximum Gasteiger partial charge on any atom is 0.404 e. The Morgan fingerprint density at radius 2 is 1.45 bits per heavy atom. The second-order valence-electron chi connectivity index (χ2n) is 3.98. The second kappa shape index (κ2) is 6.26. The fourth-order valence-electron chi connectivity index (χ4n) is 1.37. The van der Waals surface area contributed by atoms with Gasteiger partial charge in [0.2, 0.25) is 0 Å². The van der Waals surface area contributed by atoms with Crippen LogP contribution in [-0.4, -0.2) is 79.6 Å². The molecule has 6 N–H and O–H groups in total. The molecule has 1 aliphatic rings. The van der Waals surface area contributed by atoms with Gasteiger partial charge in [-0.15, -0.1) is 0 Å². The summed E-state index contributed by atoms with van der Waals surface area (Å²) in [6.07, 6.45) is -7.52. The number of carbonyl (C=O) groups is 2. The zero-order chi connectivity index (χ0) is 15.5. The van der Waals surface area contributed by atoms with Crippen LogP contribution in [0.4, 0.5) is 0 Å². The molecule has 0 saturated heterocycles. The van der Waals surface area contributed by atoms with Crippen LogP contribution < -0.4 is 0 Å². The van der Waals surface area contributed by atoms with E-state index < -0.39 is 48.9 Å². The molecule has 1 heterocycles. The highest BCUT2D eigenvalue weighted by atomic mass is 16.9. The number of rotatable bonds is 5. The molecular formula is C10H14O10. The molecule has 114 valence electrons. The molecule has 20 heavy (non-hydrogen) atoms. The van der Waals surface area contributed by atoms with Gasteiger partial charge in [-0.05, 0) is 0 Å². The molecule has 0 unspecified atom stereocenters. The van der Waals surface area contributed by atoms with Crippen molar-refractivity contribution < 1.29 is 49.7 Å². The van der Waals surface area contributed by atoms with Gasteiger partial charge in [0.25, 0.3) is 0 Å². The van der Waals surface area contributed by atoms with E-state index in [1.165, 1.54) is 0 Å². The minimum Gasteiger partial charge on any atom is -0.394 e. The zero-order valence-electron chi connectivity index (χ0n) is 9.99. The van der Waals surface area contributed by atoms with Gasteiger partial charge in [0, 0.05) is 12.2 Å². The van der Waals surface area contributed by atoms with Crippen LogP contribution in [0.3, 0.4) is 0 Å². The minimum atomic E-state index is -3.26. The van der Waals surface area contributed by atoms with Crippen molar-refractivity contribution in [3.8, 4) is 0 Å². The van der Waals surface area contributed by atoms with E-state index in [1.54, 1.807) is 0 Å². The van der Waals surface area contributed by atoms with Crippen molar-refractivity contribution in [3.63, 3.8) is 0 Å². The monoisotopic (exact) mass is 294 g/mol. The average Bonchev–Trinajstić information content (AvgIpc) is 2.54. The summed E-state index contributed by atoms with van der Waals surface area (Å²) in [7, 11) is 0. The van der Waals surface area contributed by atoms with E-state index in [1.807, 2.05) is 0 Å². The van der Waals surface area contributed by atoms with E-state index in [2.05, 4.69) is 9.47 Å². The maximum absolute atomic E-state index is 11.1. The van der Waals surface area contributed by atoms with Gasteiger partial charge < -0.3 is 40.1 Å². The molecule has 0 aromatic rings. The minimum absolute atomic E-state index is 0.610. The average molecular weight is 294 g/mol. The Morgan fingerprint density at radius 1 is 1.00 bits per heavy atom. The van der Waals surface area contributed by atoms with E-state index in [0.29, 0.717) is 12.2 Å². The molecule has 10 nitrogen and oxygen atoms in total. The van der Waals surface area contributed by atoms with Crippen molar-refractivity contribution in [2.45, 2.75) is 30.4 Å². The summed E-state index contributed by atoms with van der Waals surface area (Å²) < 4.78 is 8.47. The Bertz CT molecular complexity index is 385. The number of hydrogen-bond donors (Lipinski definition) is 6. The molecule has 0 saturated carbocycles. The third-order valence-corrected chi connectivity index (χ3v) is 2.48. The SMILES string of the molecule is O=C1C=CC(=O)OC(O)([C@H](O)[C@H](O)[C@H](O)[C@@H](O)CO)O1. The summed E-state index contributed by atoms with van der Waals surface area (Å²) in [5.41, 5.74) is 0. The van der Waals surface area contributed by atoms with Crippen LogP contribution in [0.25, 0.3) is 0 Å². The first-order chi connectivity index (χ1) is 9.21. The first-order valence-electron chi connectivity index (χ1n) is 5.40. The van der Waals surface area contributed by atoms with E-state index >= 15 is 0 Å². The van der Waals surface area contributed by atoms with Crippen LogP contribution in [0.1, 0.15) is 0 Å². The van der Waals surface area contributed by atoms with Gasteiger partial charge >= 0.3 is 17.9 Å². The Hall–Kier alpha value is -1.56. The first-order valence-corrected chi connectivity index (χ1v) is 5.40. The van der Waals surface area contributed by atoms with E-state index in [4.69, 9.17) is 10.2 Å². The van der Waals surface area contributed by atoms with Crippen LogP contribution >= 0.6 is 0 Å². The number of cyclic esters (lactones) is 2.